The molecule has 0 saturated carbocycles. The van der Waals surface area contributed by atoms with Crippen LogP contribution in [0.2, 0.25) is 9.94 Å². The first-order valence-corrected chi connectivity index (χ1v) is 19.1. The molecule has 1 aliphatic carbocycles. The Kier molecular flexibility index (Phi) is 5.26. The van der Waals surface area contributed by atoms with E-state index in [4.69, 9.17) is 0 Å². The van der Waals surface area contributed by atoms with Crippen LogP contribution in [0.1, 0.15) is 11.1 Å². The van der Waals surface area contributed by atoms with Crippen molar-refractivity contribution < 1.29 is 0 Å². The van der Waals surface area contributed by atoms with Crippen LogP contribution in [-0.2, 0) is 12.8 Å². The van der Waals surface area contributed by atoms with E-state index < -0.39 is 39.1 Å². The van der Waals surface area contributed by atoms with Crippen LogP contribution in [0.5, 0.6) is 0 Å². The molecule has 4 aromatic carbocycles. The van der Waals surface area contributed by atoms with Crippen LogP contribution in [-0.4, -0.2) is 39.1 Å². The molecular formula is C26H24Te2+2. The van der Waals surface area contributed by atoms with Crippen LogP contribution in [0.15, 0.2) is 84.9 Å². The summed E-state index contributed by atoms with van der Waals surface area (Å²) in [6.45, 7) is 0. The maximum absolute atomic E-state index is 2.54. The Labute approximate surface area is 181 Å². The van der Waals surface area contributed by atoms with E-state index in [2.05, 4.69) is 94.9 Å². The Morgan fingerprint density at radius 3 is 1.36 bits per heavy atom. The Morgan fingerprint density at radius 2 is 0.929 bits per heavy atom. The van der Waals surface area contributed by atoms with Gasteiger partial charge < -0.3 is 0 Å². The molecule has 28 heavy (non-hydrogen) atoms. The van der Waals surface area contributed by atoms with E-state index in [1.54, 1.807) is 36.3 Å². The second-order valence-corrected chi connectivity index (χ2v) is 18.4. The fourth-order valence-electron chi connectivity index (χ4n) is 4.28. The molecule has 0 fully saturated rings. The molecule has 0 spiro atoms. The second-order valence-electron chi connectivity index (χ2n) is 7.34. The first-order valence-electron chi connectivity index (χ1n) is 9.73. The predicted octanol–water partition coefficient (Wildman–Crippen LogP) is 3.42. The first-order chi connectivity index (χ1) is 13.7. The minimum absolute atomic E-state index is 1.21. The van der Waals surface area contributed by atoms with Gasteiger partial charge in [-0.15, -0.1) is 0 Å². The van der Waals surface area contributed by atoms with Gasteiger partial charge in [-0.1, -0.05) is 0 Å². The zero-order chi connectivity index (χ0) is 19.1. The van der Waals surface area contributed by atoms with Crippen LogP contribution in [0.4, 0.5) is 0 Å². The third-order valence-electron chi connectivity index (χ3n) is 5.77. The molecule has 0 saturated heterocycles. The molecule has 138 valence electrons. The number of hydrogen-bond donors (Lipinski definition) is 0. The molecule has 0 aromatic heterocycles. The van der Waals surface area contributed by atoms with Gasteiger partial charge >= 0.3 is 183 Å². The van der Waals surface area contributed by atoms with Crippen molar-refractivity contribution in [3.63, 3.8) is 0 Å². The second kappa shape index (κ2) is 7.86. The predicted molar refractivity (Wildman–Crippen MR) is 126 cm³/mol. The van der Waals surface area contributed by atoms with Gasteiger partial charge in [-0.05, 0) is 0 Å². The summed E-state index contributed by atoms with van der Waals surface area (Å²) in [5.41, 5.74) is 3.16. The summed E-state index contributed by atoms with van der Waals surface area (Å²) in [5, 5.41) is 3.26. The summed E-state index contributed by atoms with van der Waals surface area (Å²) < 4.78 is 6.51. The topological polar surface area (TPSA) is 0 Å². The van der Waals surface area contributed by atoms with Gasteiger partial charge in [-0.3, -0.25) is 0 Å². The van der Waals surface area contributed by atoms with Gasteiger partial charge in [0.2, 0.25) is 0 Å². The molecule has 0 amide bonds. The summed E-state index contributed by atoms with van der Waals surface area (Å²) in [4.78, 5) is 5.08. The fourth-order valence-corrected chi connectivity index (χ4v) is 14.1. The maximum atomic E-state index is 2.54. The van der Waals surface area contributed by atoms with Crippen molar-refractivity contribution >= 4 is 64.3 Å². The minimum atomic E-state index is -1.58. The van der Waals surface area contributed by atoms with Gasteiger partial charge in [0.15, 0.2) is 0 Å². The number of rotatable bonds is 4. The summed E-state index contributed by atoms with van der Waals surface area (Å²) in [7, 11) is 0. The average molecular weight is 592 g/mol. The standard InChI is InChI=1S/C26H24Te2/c1-27(21-9-5-3-6-10-21)23-17-15-19-13-14-20-16-18-24(26(23)25(19)20)28(2)22-11-7-4-8-12-22/h3-12,15-18H,13-14H2,1-2H3/q+2. The van der Waals surface area contributed by atoms with Crippen LogP contribution in [0.25, 0.3) is 10.8 Å². The number of benzene rings is 4. The SMILES string of the molecule is C[Te+](c1ccccc1)c1ccc2c3c(ccc([Te+](C)c4ccccc4)c13)CC2. The third kappa shape index (κ3) is 3.22. The van der Waals surface area contributed by atoms with Crippen LogP contribution in [0.3, 0.4) is 0 Å². The van der Waals surface area contributed by atoms with Gasteiger partial charge in [-0.25, -0.2) is 0 Å². The van der Waals surface area contributed by atoms with Gasteiger partial charge in [0.05, 0.1) is 0 Å². The van der Waals surface area contributed by atoms with Crippen molar-refractivity contribution in [2.45, 2.75) is 22.8 Å². The van der Waals surface area contributed by atoms with E-state index in [9.17, 15) is 0 Å². The molecule has 0 heterocycles. The van der Waals surface area contributed by atoms with Gasteiger partial charge in [-0.2, -0.15) is 0 Å². The quantitative estimate of drug-likeness (QED) is 0.320. The van der Waals surface area contributed by atoms with E-state index in [0.29, 0.717) is 0 Å². The molecule has 0 atom stereocenters. The first kappa shape index (κ1) is 18.7. The molecule has 0 radical (unpaired) electrons. The van der Waals surface area contributed by atoms with Crippen molar-refractivity contribution in [3.05, 3.63) is 96.1 Å². The zero-order valence-corrected chi connectivity index (χ0v) is 21.0. The van der Waals surface area contributed by atoms with E-state index in [1.807, 2.05) is 0 Å². The molecular weight excluding hydrogens is 567 g/mol. The van der Waals surface area contributed by atoms with Crippen molar-refractivity contribution in [2.75, 3.05) is 0 Å². The van der Waals surface area contributed by atoms with E-state index in [-0.39, 0.29) is 0 Å². The summed E-state index contributed by atoms with van der Waals surface area (Å²) in [6, 6.07) is 32.4. The Hall–Kier alpha value is -1.28. The molecule has 0 unspecified atom stereocenters. The molecule has 1 aliphatic rings. The molecule has 0 N–H and O–H groups in total. The van der Waals surface area contributed by atoms with Crippen LogP contribution >= 0.6 is 0 Å². The molecule has 2 heteroatoms. The summed E-state index contributed by atoms with van der Waals surface area (Å²) in [5.74, 6) is 0. The Bertz CT molecular complexity index is 1050. The Morgan fingerprint density at radius 1 is 0.500 bits per heavy atom. The molecule has 5 rings (SSSR count). The van der Waals surface area contributed by atoms with Crippen molar-refractivity contribution in [1.82, 2.24) is 0 Å². The molecule has 0 aliphatic heterocycles. The number of aryl methyl sites for hydroxylation is 2. The zero-order valence-electron chi connectivity index (χ0n) is 16.3. The van der Waals surface area contributed by atoms with Gasteiger partial charge in [0.1, 0.15) is 0 Å². The molecule has 4 aromatic rings. The average Bonchev–Trinajstić information content (AvgIpc) is 3.19. The number of hydrogen-bond acceptors (Lipinski definition) is 0. The Balaban J connectivity index is 1.76. The van der Waals surface area contributed by atoms with E-state index in [0.717, 1.165) is 0 Å². The molecule has 0 bridgehead atoms. The van der Waals surface area contributed by atoms with Crippen LogP contribution in [0, 0.1) is 0 Å². The summed E-state index contributed by atoms with van der Waals surface area (Å²) >= 11 is -3.17. The van der Waals surface area contributed by atoms with Crippen molar-refractivity contribution in [1.29, 1.82) is 0 Å². The van der Waals surface area contributed by atoms with Crippen LogP contribution < -0.4 is 14.4 Å². The summed E-state index contributed by atoms with van der Waals surface area (Å²) in [6.07, 6.45) is 2.43. The van der Waals surface area contributed by atoms with Crippen molar-refractivity contribution in [2.24, 2.45) is 0 Å². The fraction of sp³-hybridized carbons (Fsp3) is 0.154. The molecule has 0 nitrogen and oxygen atoms in total. The van der Waals surface area contributed by atoms with Gasteiger partial charge in [0.25, 0.3) is 0 Å². The third-order valence-corrected chi connectivity index (χ3v) is 17.1. The van der Waals surface area contributed by atoms with E-state index >= 15 is 0 Å². The van der Waals surface area contributed by atoms with Crippen molar-refractivity contribution in [3.8, 4) is 0 Å². The normalized spacial score (nSPS) is 13.0. The van der Waals surface area contributed by atoms with E-state index in [1.165, 1.54) is 12.8 Å². The monoisotopic (exact) mass is 596 g/mol. The van der Waals surface area contributed by atoms with Gasteiger partial charge in [0, 0.05) is 0 Å².